The zero-order chi connectivity index (χ0) is 22.3. The first-order valence-corrected chi connectivity index (χ1v) is 11.8. The molecule has 2 aromatic carbocycles. The summed E-state index contributed by atoms with van der Waals surface area (Å²) in [6.45, 7) is 4.16. The highest BCUT2D eigenvalue weighted by atomic mass is 19.1. The molecule has 0 unspecified atom stereocenters. The van der Waals surface area contributed by atoms with Crippen LogP contribution in [0.4, 0.5) is 4.39 Å². The minimum absolute atomic E-state index is 0.115. The molecular formula is C26H32FN3O2. The number of unbranched alkanes of at least 4 members (excludes halogenated alkanes) is 3. The Morgan fingerprint density at radius 3 is 2.16 bits per heavy atom. The summed E-state index contributed by atoms with van der Waals surface area (Å²) < 4.78 is 13.8. The first-order chi connectivity index (χ1) is 15.6. The zero-order valence-electron chi connectivity index (χ0n) is 18.6. The zero-order valence-corrected chi connectivity index (χ0v) is 18.6. The Kier molecular flexibility index (Phi) is 7.66. The largest absolute Gasteiger partial charge is 0.314 e. The first-order valence-electron chi connectivity index (χ1n) is 11.8. The third kappa shape index (κ3) is 5.43. The Bertz CT molecular complexity index is 905. The van der Waals surface area contributed by atoms with E-state index >= 15 is 0 Å². The van der Waals surface area contributed by atoms with Gasteiger partial charge in [-0.05, 0) is 63.5 Å². The third-order valence-corrected chi connectivity index (χ3v) is 6.56. The van der Waals surface area contributed by atoms with Crippen molar-refractivity contribution in [3.8, 4) is 0 Å². The molecule has 6 heteroatoms. The molecule has 1 fully saturated rings. The number of nitrogens with one attached hydrogen (secondary N) is 1. The van der Waals surface area contributed by atoms with Crippen molar-refractivity contribution in [2.24, 2.45) is 0 Å². The summed E-state index contributed by atoms with van der Waals surface area (Å²) >= 11 is 0. The molecule has 2 aliphatic rings. The third-order valence-electron chi connectivity index (χ3n) is 6.56. The number of imide groups is 1. The molecule has 0 bridgehead atoms. The van der Waals surface area contributed by atoms with Crippen LogP contribution in [0.15, 0.2) is 48.5 Å². The van der Waals surface area contributed by atoms with Gasteiger partial charge < -0.3 is 5.32 Å². The number of benzene rings is 2. The molecule has 2 aliphatic heterocycles. The molecule has 2 heterocycles. The second kappa shape index (κ2) is 10.8. The maximum absolute atomic E-state index is 13.8. The molecule has 2 aromatic rings. The molecule has 0 aromatic heterocycles. The molecular weight excluding hydrogens is 405 g/mol. The monoisotopic (exact) mass is 437 g/mol. The lowest BCUT2D eigenvalue weighted by Crippen LogP contribution is -2.42. The molecule has 1 N–H and O–H groups in total. The summed E-state index contributed by atoms with van der Waals surface area (Å²) in [5.74, 6) is -0.432. The van der Waals surface area contributed by atoms with E-state index in [-0.39, 0.29) is 17.6 Å². The number of hydrogen-bond acceptors (Lipinski definition) is 4. The van der Waals surface area contributed by atoms with Gasteiger partial charge >= 0.3 is 0 Å². The molecule has 32 heavy (non-hydrogen) atoms. The molecule has 0 spiro atoms. The Hall–Kier alpha value is -2.57. The summed E-state index contributed by atoms with van der Waals surface area (Å²) in [6, 6.07) is 14.6. The highest BCUT2D eigenvalue weighted by molar-refractivity contribution is 6.21. The van der Waals surface area contributed by atoms with E-state index in [9.17, 15) is 14.0 Å². The molecule has 170 valence electrons. The molecule has 0 radical (unpaired) electrons. The van der Waals surface area contributed by atoms with Crippen molar-refractivity contribution < 1.29 is 14.0 Å². The van der Waals surface area contributed by atoms with Crippen LogP contribution >= 0.6 is 0 Å². The minimum Gasteiger partial charge on any atom is -0.314 e. The van der Waals surface area contributed by atoms with Gasteiger partial charge in [0.15, 0.2) is 0 Å². The van der Waals surface area contributed by atoms with Gasteiger partial charge in [0.25, 0.3) is 11.8 Å². The van der Waals surface area contributed by atoms with Crippen LogP contribution in [0.3, 0.4) is 0 Å². The quantitative estimate of drug-likeness (QED) is 0.446. The van der Waals surface area contributed by atoms with Gasteiger partial charge in [0.2, 0.25) is 0 Å². The van der Waals surface area contributed by atoms with E-state index in [0.29, 0.717) is 30.3 Å². The summed E-state index contributed by atoms with van der Waals surface area (Å²) in [6.07, 6.45) is 6.22. The van der Waals surface area contributed by atoms with Crippen molar-refractivity contribution in [3.63, 3.8) is 0 Å². The lowest BCUT2D eigenvalue weighted by molar-refractivity contribution is 0.0651. The van der Waals surface area contributed by atoms with Crippen molar-refractivity contribution in [1.29, 1.82) is 0 Å². The fourth-order valence-electron chi connectivity index (χ4n) is 4.66. The van der Waals surface area contributed by atoms with Crippen LogP contribution in [0.25, 0.3) is 0 Å². The van der Waals surface area contributed by atoms with Crippen LogP contribution in [0.1, 0.15) is 64.8 Å². The van der Waals surface area contributed by atoms with Crippen molar-refractivity contribution in [2.45, 2.75) is 51.1 Å². The molecule has 0 saturated carbocycles. The number of likely N-dealkylation sites (tertiary alicyclic amines) is 1. The van der Waals surface area contributed by atoms with Crippen LogP contribution < -0.4 is 5.32 Å². The fraction of sp³-hybridized carbons (Fsp3) is 0.462. The molecule has 0 atom stereocenters. The van der Waals surface area contributed by atoms with Gasteiger partial charge in [-0.2, -0.15) is 0 Å². The van der Waals surface area contributed by atoms with Gasteiger partial charge in [-0.15, -0.1) is 0 Å². The Morgan fingerprint density at radius 2 is 1.47 bits per heavy atom. The van der Waals surface area contributed by atoms with Crippen molar-refractivity contribution >= 4 is 11.8 Å². The standard InChI is InChI=1S/C26H32FN3O2/c27-24-12-6-3-9-20(24)19-29-17-13-21(14-18-29)28-15-7-1-2-8-16-30-25(31)22-10-4-5-11-23(22)26(30)32/h3-6,9-12,21,28H,1-2,7-8,13-19H2. The van der Waals surface area contributed by atoms with E-state index < -0.39 is 0 Å². The van der Waals surface area contributed by atoms with Crippen LogP contribution in [0.5, 0.6) is 0 Å². The Balaban J connectivity index is 1.06. The maximum atomic E-state index is 13.8. The molecule has 1 saturated heterocycles. The lowest BCUT2D eigenvalue weighted by Gasteiger charge is -2.32. The molecule has 0 aliphatic carbocycles. The van der Waals surface area contributed by atoms with Gasteiger partial charge in [-0.3, -0.25) is 19.4 Å². The summed E-state index contributed by atoms with van der Waals surface area (Å²) in [7, 11) is 0. The van der Waals surface area contributed by atoms with Gasteiger partial charge in [-0.1, -0.05) is 43.2 Å². The average molecular weight is 438 g/mol. The van der Waals surface area contributed by atoms with Gasteiger partial charge in [0.05, 0.1) is 11.1 Å². The number of carbonyl (C=O) groups is 2. The van der Waals surface area contributed by atoms with Gasteiger partial charge in [-0.25, -0.2) is 4.39 Å². The van der Waals surface area contributed by atoms with Crippen molar-refractivity contribution in [2.75, 3.05) is 26.2 Å². The smallest absolute Gasteiger partial charge is 0.261 e. The van der Waals surface area contributed by atoms with E-state index in [2.05, 4.69) is 10.2 Å². The number of carbonyl (C=O) groups excluding carboxylic acids is 2. The van der Waals surface area contributed by atoms with Gasteiger partial charge in [0.1, 0.15) is 5.82 Å². The molecule has 2 amide bonds. The number of fused-ring (bicyclic) bond motifs is 1. The fourth-order valence-corrected chi connectivity index (χ4v) is 4.66. The second-order valence-electron chi connectivity index (χ2n) is 8.82. The van der Waals surface area contributed by atoms with E-state index in [1.807, 2.05) is 12.1 Å². The SMILES string of the molecule is O=C1c2ccccc2C(=O)N1CCCCCCNC1CCN(Cc2ccccc2F)CC1. The van der Waals surface area contributed by atoms with Crippen LogP contribution in [-0.4, -0.2) is 53.8 Å². The topological polar surface area (TPSA) is 52.7 Å². The van der Waals surface area contributed by atoms with E-state index in [4.69, 9.17) is 0 Å². The van der Waals surface area contributed by atoms with E-state index in [0.717, 1.165) is 63.7 Å². The summed E-state index contributed by atoms with van der Waals surface area (Å²) in [4.78, 5) is 28.4. The predicted molar refractivity (Wildman–Crippen MR) is 123 cm³/mol. The highest BCUT2D eigenvalue weighted by Gasteiger charge is 2.34. The Morgan fingerprint density at radius 1 is 0.844 bits per heavy atom. The number of rotatable bonds is 10. The number of hydrogen-bond donors (Lipinski definition) is 1. The molecule has 4 rings (SSSR count). The van der Waals surface area contributed by atoms with Crippen LogP contribution in [0, 0.1) is 5.82 Å². The summed E-state index contributed by atoms with van der Waals surface area (Å²) in [5.41, 5.74) is 1.84. The number of piperidine rings is 1. The highest BCUT2D eigenvalue weighted by Crippen LogP contribution is 2.23. The normalized spacial score (nSPS) is 17.2. The second-order valence-corrected chi connectivity index (χ2v) is 8.82. The van der Waals surface area contributed by atoms with E-state index in [1.165, 1.54) is 11.0 Å². The average Bonchev–Trinajstić information content (AvgIpc) is 3.06. The van der Waals surface area contributed by atoms with Crippen LogP contribution in [-0.2, 0) is 6.54 Å². The van der Waals surface area contributed by atoms with Crippen molar-refractivity contribution in [1.82, 2.24) is 15.1 Å². The maximum Gasteiger partial charge on any atom is 0.261 e. The number of amides is 2. The predicted octanol–water partition coefficient (Wildman–Crippen LogP) is 4.24. The lowest BCUT2D eigenvalue weighted by atomic mass is 10.0. The van der Waals surface area contributed by atoms with Crippen molar-refractivity contribution in [3.05, 3.63) is 71.0 Å². The van der Waals surface area contributed by atoms with E-state index in [1.54, 1.807) is 30.3 Å². The van der Waals surface area contributed by atoms with Gasteiger partial charge in [0, 0.05) is 24.7 Å². The molecule has 5 nitrogen and oxygen atoms in total. The number of halogens is 1. The minimum atomic E-state index is -0.159. The number of nitrogens with zero attached hydrogens (tertiary/aromatic N) is 2. The Labute approximate surface area is 189 Å². The van der Waals surface area contributed by atoms with Crippen LogP contribution in [0.2, 0.25) is 0 Å². The summed E-state index contributed by atoms with van der Waals surface area (Å²) in [5, 5.41) is 3.66. The first kappa shape index (κ1) is 22.6.